The summed E-state index contributed by atoms with van der Waals surface area (Å²) < 4.78 is 7.03. The summed E-state index contributed by atoms with van der Waals surface area (Å²) in [5.74, 6) is 0.635. The topological polar surface area (TPSA) is 93.2 Å². The lowest BCUT2D eigenvalue weighted by Crippen LogP contribution is -2.35. The lowest BCUT2D eigenvalue weighted by Gasteiger charge is -2.26. The van der Waals surface area contributed by atoms with Crippen LogP contribution >= 0.6 is 0 Å². The van der Waals surface area contributed by atoms with Crippen molar-refractivity contribution < 1.29 is 9.53 Å². The van der Waals surface area contributed by atoms with Crippen molar-refractivity contribution in [1.29, 1.82) is 0 Å². The molecule has 27 heavy (non-hydrogen) atoms. The molecule has 1 aliphatic heterocycles. The van der Waals surface area contributed by atoms with Crippen molar-refractivity contribution in [1.82, 2.24) is 14.9 Å². The van der Waals surface area contributed by atoms with Crippen LogP contribution in [0.2, 0.25) is 0 Å². The molecule has 2 aromatic carbocycles. The van der Waals surface area contributed by atoms with Crippen LogP contribution in [-0.4, -0.2) is 22.1 Å². The van der Waals surface area contributed by atoms with E-state index in [0.717, 1.165) is 11.3 Å². The van der Waals surface area contributed by atoms with Gasteiger partial charge in [0.25, 0.3) is 5.56 Å². The molecule has 1 aliphatic rings. The van der Waals surface area contributed by atoms with E-state index in [9.17, 15) is 14.4 Å². The quantitative estimate of drug-likeness (QED) is 0.736. The summed E-state index contributed by atoms with van der Waals surface area (Å²) in [7, 11) is 0. The van der Waals surface area contributed by atoms with E-state index in [2.05, 4.69) is 10.3 Å². The van der Waals surface area contributed by atoms with Crippen molar-refractivity contribution in [2.24, 2.45) is 0 Å². The van der Waals surface area contributed by atoms with Gasteiger partial charge in [0.1, 0.15) is 5.75 Å². The molecule has 1 atom stereocenters. The molecule has 138 valence electrons. The Labute approximate surface area is 154 Å². The molecule has 0 aliphatic carbocycles. The number of aromatic amines is 1. The minimum absolute atomic E-state index is 0.105. The molecule has 2 heterocycles. The number of fused-ring (bicyclic) bond motifs is 2. The van der Waals surface area contributed by atoms with Crippen molar-refractivity contribution in [2.45, 2.75) is 25.4 Å². The van der Waals surface area contributed by atoms with Gasteiger partial charge in [0.15, 0.2) is 0 Å². The van der Waals surface area contributed by atoms with Crippen molar-refractivity contribution >= 4 is 16.8 Å². The molecule has 0 saturated heterocycles. The predicted octanol–water partition coefficient (Wildman–Crippen LogP) is 1.72. The van der Waals surface area contributed by atoms with E-state index < -0.39 is 11.2 Å². The minimum atomic E-state index is -0.511. The summed E-state index contributed by atoms with van der Waals surface area (Å²) in [6.07, 6.45) is 0.833. The average molecular weight is 365 g/mol. The van der Waals surface area contributed by atoms with E-state index in [-0.39, 0.29) is 24.9 Å². The predicted molar refractivity (Wildman–Crippen MR) is 101 cm³/mol. The van der Waals surface area contributed by atoms with Crippen LogP contribution in [0.3, 0.4) is 0 Å². The Morgan fingerprint density at radius 1 is 1.15 bits per heavy atom. The molecule has 0 spiro atoms. The third-order valence-electron chi connectivity index (χ3n) is 4.76. The van der Waals surface area contributed by atoms with Gasteiger partial charge < -0.3 is 10.1 Å². The summed E-state index contributed by atoms with van der Waals surface area (Å²) in [5.41, 5.74) is 0.553. The molecule has 0 saturated carbocycles. The number of aromatic nitrogens is 2. The third-order valence-corrected chi connectivity index (χ3v) is 4.76. The van der Waals surface area contributed by atoms with Crippen LogP contribution in [-0.2, 0) is 11.3 Å². The summed E-state index contributed by atoms with van der Waals surface area (Å²) in [6, 6.07) is 14.4. The Bertz CT molecular complexity index is 1120. The monoisotopic (exact) mass is 365 g/mol. The zero-order valence-corrected chi connectivity index (χ0v) is 14.6. The zero-order chi connectivity index (χ0) is 18.8. The minimum Gasteiger partial charge on any atom is -0.493 e. The number of H-pyrrole nitrogens is 1. The first-order valence-corrected chi connectivity index (χ1v) is 8.86. The summed E-state index contributed by atoms with van der Waals surface area (Å²) >= 11 is 0. The van der Waals surface area contributed by atoms with Crippen molar-refractivity contribution in [3.8, 4) is 5.75 Å². The highest BCUT2D eigenvalue weighted by molar-refractivity contribution is 5.79. The van der Waals surface area contributed by atoms with Crippen LogP contribution in [0.4, 0.5) is 0 Å². The van der Waals surface area contributed by atoms with E-state index in [1.165, 1.54) is 4.57 Å². The number of hydrogen-bond donors (Lipinski definition) is 2. The van der Waals surface area contributed by atoms with Gasteiger partial charge in [0, 0.05) is 24.9 Å². The fourth-order valence-corrected chi connectivity index (χ4v) is 3.44. The second-order valence-corrected chi connectivity index (χ2v) is 6.47. The Morgan fingerprint density at radius 3 is 2.81 bits per heavy atom. The molecule has 7 nitrogen and oxygen atoms in total. The molecule has 0 radical (unpaired) electrons. The van der Waals surface area contributed by atoms with Gasteiger partial charge in [-0.3, -0.25) is 19.1 Å². The SMILES string of the molecule is O=C(CCn1c(=O)[nH]c(=O)c2ccccc21)N[C@H]1CCOc2ccccc21. The molecule has 0 fully saturated rings. The largest absolute Gasteiger partial charge is 0.493 e. The maximum atomic E-state index is 12.5. The van der Waals surface area contributed by atoms with Crippen molar-refractivity contribution in [3.63, 3.8) is 0 Å². The Morgan fingerprint density at radius 2 is 1.93 bits per heavy atom. The molecular weight excluding hydrogens is 346 g/mol. The van der Waals surface area contributed by atoms with E-state index in [4.69, 9.17) is 4.74 Å². The van der Waals surface area contributed by atoms with Crippen LogP contribution in [0, 0.1) is 0 Å². The van der Waals surface area contributed by atoms with Crippen LogP contribution in [0.1, 0.15) is 24.4 Å². The van der Waals surface area contributed by atoms with E-state index in [0.29, 0.717) is 23.9 Å². The van der Waals surface area contributed by atoms with Crippen LogP contribution in [0.5, 0.6) is 5.75 Å². The zero-order valence-electron chi connectivity index (χ0n) is 14.6. The maximum absolute atomic E-state index is 12.5. The fraction of sp³-hybridized carbons (Fsp3) is 0.250. The van der Waals surface area contributed by atoms with Gasteiger partial charge in [0.2, 0.25) is 5.91 Å². The van der Waals surface area contributed by atoms with Gasteiger partial charge in [-0.2, -0.15) is 0 Å². The number of amides is 1. The molecule has 4 rings (SSSR count). The highest BCUT2D eigenvalue weighted by Gasteiger charge is 2.22. The Kier molecular flexibility index (Phi) is 4.50. The number of carbonyl (C=O) groups is 1. The van der Waals surface area contributed by atoms with Gasteiger partial charge in [-0.25, -0.2) is 4.79 Å². The molecule has 1 amide bonds. The van der Waals surface area contributed by atoms with Crippen LogP contribution < -0.4 is 21.3 Å². The summed E-state index contributed by atoms with van der Waals surface area (Å²) in [6.45, 7) is 0.735. The molecule has 1 aromatic heterocycles. The highest BCUT2D eigenvalue weighted by atomic mass is 16.5. The van der Waals surface area contributed by atoms with E-state index in [1.54, 1.807) is 24.3 Å². The van der Waals surface area contributed by atoms with E-state index in [1.807, 2.05) is 24.3 Å². The van der Waals surface area contributed by atoms with Gasteiger partial charge in [0.05, 0.1) is 23.6 Å². The summed E-state index contributed by atoms with van der Waals surface area (Å²) in [5, 5.41) is 3.44. The number of hydrogen-bond acceptors (Lipinski definition) is 4. The number of ether oxygens (including phenoxy) is 1. The van der Waals surface area contributed by atoms with Gasteiger partial charge >= 0.3 is 5.69 Å². The molecule has 3 aromatic rings. The average Bonchev–Trinajstić information content (AvgIpc) is 2.68. The molecule has 0 bridgehead atoms. The maximum Gasteiger partial charge on any atom is 0.328 e. The van der Waals surface area contributed by atoms with Gasteiger partial charge in [-0.05, 0) is 18.2 Å². The normalized spacial score (nSPS) is 15.8. The molecule has 2 N–H and O–H groups in total. The number of carbonyl (C=O) groups excluding carboxylic acids is 1. The van der Waals surface area contributed by atoms with Gasteiger partial charge in [-0.15, -0.1) is 0 Å². The first kappa shape index (κ1) is 17.1. The lowest BCUT2D eigenvalue weighted by molar-refractivity contribution is -0.122. The Balaban J connectivity index is 1.51. The first-order chi connectivity index (χ1) is 13.1. The number of nitrogens with zero attached hydrogens (tertiary/aromatic N) is 1. The van der Waals surface area contributed by atoms with E-state index >= 15 is 0 Å². The standard InChI is InChI=1S/C20H19N3O4/c24-18(21-15-10-12-27-17-8-4-2-5-13(15)17)9-11-23-16-7-3-1-6-14(16)19(25)22-20(23)26/h1-8,15H,9-12H2,(H,21,24)(H,22,25,26)/t15-/m0/s1. The number of rotatable bonds is 4. The van der Waals surface area contributed by atoms with Crippen LogP contribution in [0.25, 0.3) is 10.9 Å². The second kappa shape index (κ2) is 7.11. The number of nitrogens with one attached hydrogen (secondary N) is 2. The fourth-order valence-electron chi connectivity index (χ4n) is 3.44. The number of aryl methyl sites for hydroxylation is 1. The second-order valence-electron chi connectivity index (χ2n) is 6.47. The number of benzene rings is 2. The smallest absolute Gasteiger partial charge is 0.328 e. The van der Waals surface area contributed by atoms with Crippen molar-refractivity contribution in [3.05, 3.63) is 74.9 Å². The molecule has 7 heteroatoms. The number of para-hydroxylation sites is 2. The van der Waals surface area contributed by atoms with Gasteiger partial charge in [-0.1, -0.05) is 30.3 Å². The first-order valence-electron chi connectivity index (χ1n) is 8.86. The van der Waals surface area contributed by atoms with Crippen molar-refractivity contribution in [2.75, 3.05) is 6.61 Å². The Hall–Kier alpha value is -3.35. The third kappa shape index (κ3) is 3.36. The lowest BCUT2D eigenvalue weighted by atomic mass is 10.0. The molecule has 0 unspecified atom stereocenters. The van der Waals surface area contributed by atoms with Crippen LogP contribution in [0.15, 0.2) is 58.1 Å². The highest BCUT2D eigenvalue weighted by Crippen LogP contribution is 2.31. The molecular formula is C20H19N3O4. The summed E-state index contributed by atoms with van der Waals surface area (Å²) in [4.78, 5) is 38.9.